The molecule has 0 spiro atoms. The summed E-state index contributed by atoms with van der Waals surface area (Å²) in [7, 11) is 0. The Morgan fingerprint density at radius 2 is 2.04 bits per heavy atom. The molecule has 0 aliphatic carbocycles. The van der Waals surface area contributed by atoms with Crippen LogP contribution in [0.15, 0.2) is 64.9 Å². The number of aromatic nitrogens is 5. The van der Waals surface area contributed by atoms with Crippen LogP contribution in [0.3, 0.4) is 0 Å². The Hall–Kier alpha value is -2.94. The van der Waals surface area contributed by atoms with Gasteiger partial charge in [-0.05, 0) is 24.3 Å². The normalized spacial score (nSPS) is 11.5. The van der Waals surface area contributed by atoms with Gasteiger partial charge in [-0.25, -0.2) is 4.98 Å². The van der Waals surface area contributed by atoms with Crippen LogP contribution in [-0.4, -0.2) is 24.3 Å². The van der Waals surface area contributed by atoms with E-state index in [9.17, 15) is 8.78 Å². The molecule has 9 heteroatoms. The third kappa shape index (κ3) is 3.25. The number of allylic oxidation sites excluding steroid dienone is 1. The van der Waals surface area contributed by atoms with Crippen molar-refractivity contribution in [2.75, 3.05) is 0 Å². The van der Waals surface area contributed by atoms with E-state index in [1.54, 1.807) is 48.7 Å². The van der Waals surface area contributed by atoms with Gasteiger partial charge in [0.15, 0.2) is 10.9 Å². The lowest BCUT2D eigenvalue weighted by atomic mass is 10.3. The molecule has 6 nitrogen and oxygen atoms in total. The third-order valence-corrected chi connectivity index (χ3v) is 4.93. The quantitative estimate of drug-likeness (QED) is 0.338. The van der Waals surface area contributed by atoms with Gasteiger partial charge in [0.25, 0.3) is 0 Å². The lowest BCUT2D eigenvalue weighted by Crippen LogP contribution is -2.04. The molecule has 0 radical (unpaired) electrons. The van der Waals surface area contributed by atoms with Crippen molar-refractivity contribution in [3.63, 3.8) is 0 Å². The Morgan fingerprint density at radius 3 is 2.78 bits per heavy atom. The molecular weight excluding hydrogens is 372 g/mol. The van der Waals surface area contributed by atoms with Gasteiger partial charge in [-0.1, -0.05) is 30.0 Å². The maximum absolute atomic E-state index is 13.6. The highest BCUT2D eigenvalue weighted by Crippen LogP contribution is 2.30. The molecule has 0 aliphatic rings. The van der Waals surface area contributed by atoms with E-state index in [1.807, 2.05) is 4.57 Å². The van der Waals surface area contributed by atoms with Gasteiger partial charge in [-0.15, -0.1) is 16.8 Å². The molecule has 0 aliphatic heterocycles. The summed E-state index contributed by atoms with van der Waals surface area (Å²) >= 11 is 1.29. The molecule has 3 aromatic heterocycles. The SMILES string of the molecule is C=CCn1c(SCc2nc3ccccc3n2C(F)F)nnc1-c1ccco1. The van der Waals surface area contributed by atoms with Crippen LogP contribution in [-0.2, 0) is 12.3 Å². The molecule has 0 fully saturated rings. The molecule has 138 valence electrons. The van der Waals surface area contributed by atoms with Crippen LogP contribution in [0.1, 0.15) is 12.4 Å². The first-order valence-electron chi connectivity index (χ1n) is 8.14. The van der Waals surface area contributed by atoms with Crippen molar-refractivity contribution < 1.29 is 13.2 Å². The van der Waals surface area contributed by atoms with Crippen molar-refractivity contribution in [1.29, 1.82) is 0 Å². The summed E-state index contributed by atoms with van der Waals surface area (Å²) in [6, 6.07) is 10.4. The summed E-state index contributed by atoms with van der Waals surface area (Å²) in [5.74, 6) is 1.65. The first kappa shape index (κ1) is 17.5. The molecule has 27 heavy (non-hydrogen) atoms. The van der Waals surface area contributed by atoms with Gasteiger partial charge in [-0.2, -0.15) is 8.78 Å². The monoisotopic (exact) mass is 387 g/mol. The van der Waals surface area contributed by atoms with Gasteiger partial charge in [0, 0.05) is 6.54 Å². The third-order valence-electron chi connectivity index (χ3n) is 3.96. The molecule has 0 amide bonds. The zero-order valence-electron chi connectivity index (χ0n) is 14.1. The van der Waals surface area contributed by atoms with Crippen LogP contribution in [0, 0.1) is 0 Å². The zero-order chi connectivity index (χ0) is 18.8. The van der Waals surface area contributed by atoms with Gasteiger partial charge < -0.3 is 4.42 Å². The van der Waals surface area contributed by atoms with Crippen LogP contribution in [0.5, 0.6) is 0 Å². The number of para-hydroxylation sites is 2. The minimum atomic E-state index is -2.67. The number of fused-ring (bicyclic) bond motifs is 1. The lowest BCUT2D eigenvalue weighted by molar-refractivity contribution is 0.0722. The summed E-state index contributed by atoms with van der Waals surface area (Å²) in [4.78, 5) is 4.35. The van der Waals surface area contributed by atoms with Crippen molar-refractivity contribution in [1.82, 2.24) is 24.3 Å². The van der Waals surface area contributed by atoms with Gasteiger partial charge in [0.1, 0.15) is 5.82 Å². The van der Waals surface area contributed by atoms with E-state index in [2.05, 4.69) is 21.8 Å². The lowest BCUT2D eigenvalue weighted by Gasteiger charge is -2.08. The average Bonchev–Trinajstić information content (AvgIpc) is 3.38. The van der Waals surface area contributed by atoms with E-state index in [0.717, 1.165) is 4.57 Å². The first-order valence-corrected chi connectivity index (χ1v) is 9.12. The highest BCUT2D eigenvalue weighted by atomic mass is 32.2. The van der Waals surface area contributed by atoms with Crippen molar-refractivity contribution >= 4 is 22.8 Å². The molecule has 1 aromatic carbocycles. The van der Waals surface area contributed by atoms with E-state index < -0.39 is 6.55 Å². The average molecular weight is 387 g/mol. The number of benzene rings is 1. The predicted molar refractivity (Wildman–Crippen MR) is 98.5 cm³/mol. The van der Waals surface area contributed by atoms with E-state index in [1.165, 1.54) is 11.8 Å². The van der Waals surface area contributed by atoms with Crippen LogP contribution in [0.4, 0.5) is 8.78 Å². The molecule has 3 heterocycles. The maximum atomic E-state index is 13.6. The number of nitrogens with zero attached hydrogens (tertiary/aromatic N) is 5. The zero-order valence-corrected chi connectivity index (χ0v) is 14.9. The van der Waals surface area contributed by atoms with Gasteiger partial charge >= 0.3 is 6.55 Å². The fraction of sp³-hybridized carbons (Fsp3) is 0.167. The second kappa shape index (κ2) is 7.36. The van der Waals surface area contributed by atoms with E-state index in [-0.39, 0.29) is 11.6 Å². The molecule has 0 saturated carbocycles. The molecule has 0 unspecified atom stereocenters. The Kier molecular flexibility index (Phi) is 4.76. The minimum Gasteiger partial charge on any atom is -0.461 e. The van der Waals surface area contributed by atoms with Crippen molar-refractivity contribution in [2.24, 2.45) is 0 Å². The maximum Gasteiger partial charge on any atom is 0.320 e. The molecule has 4 rings (SSSR count). The molecule has 0 atom stereocenters. The second-order valence-electron chi connectivity index (χ2n) is 5.64. The Morgan fingerprint density at radius 1 is 1.19 bits per heavy atom. The Balaban J connectivity index is 1.65. The first-order chi connectivity index (χ1) is 13.2. The van der Waals surface area contributed by atoms with E-state index in [4.69, 9.17) is 4.42 Å². The van der Waals surface area contributed by atoms with Crippen molar-refractivity contribution in [3.05, 3.63) is 61.1 Å². The van der Waals surface area contributed by atoms with Gasteiger partial charge in [-0.3, -0.25) is 9.13 Å². The number of imidazole rings is 1. The molecule has 0 N–H and O–H groups in total. The fourth-order valence-corrected chi connectivity index (χ4v) is 3.70. The summed E-state index contributed by atoms with van der Waals surface area (Å²) < 4.78 is 35.3. The molecule has 4 aromatic rings. The smallest absolute Gasteiger partial charge is 0.320 e. The van der Waals surface area contributed by atoms with E-state index in [0.29, 0.717) is 34.3 Å². The number of alkyl halides is 2. The standard InChI is InChI=1S/C18H15F2N5OS/c1-2-9-24-16(14-8-5-10-26-14)22-23-18(24)27-11-15-21-12-6-3-4-7-13(12)25(15)17(19)20/h2-8,10,17H,1,9,11H2. The highest BCUT2D eigenvalue weighted by Gasteiger charge is 2.20. The van der Waals surface area contributed by atoms with Crippen LogP contribution in [0.25, 0.3) is 22.6 Å². The Bertz CT molecular complexity index is 1070. The predicted octanol–water partition coefficient (Wildman–Crippen LogP) is 4.76. The number of halogens is 2. The van der Waals surface area contributed by atoms with E-state index >= 15 is 0 Å². The largest absolute Gasteiger partial charge is 0.461 e. The highest BCUT2D eigenvalue weighted by molar-refractivity contribution is 7.98. The number of hydrogen-bond donors (Lipinski definition) is 0. The number of thioether (sulfide) groups is 1. The fourth-order valence-electron chi connectivity index (χ4n) is 2.82. The summed E-state index contributed by atoms with van der Waals surface area (Å²) in [5, 5.41) is 8.92. The molecular formula is C18H15F2N5OS. The van der Waals surface area contributed by atoms with Gasteiger partial charge in [0.05, 0.1) is 23.0 Å². The van der Waals surface area contributed by atoms with Crippen LogP contribution in [0.2, 0.25) is 0 Å². The summed E-state index contributed by atoms with van der Waals surface area (Å²) in [6.45, 7) is 1.55. The minimum absolute atomic E-state index is 0.229. The topological polar surface area (TPSA) is 61.7 Å². The van der Waals surface area contributed by atoms with Crippen molar-refractivity contribution in [3.8, 4) is 11.6 Å². The Labute approximate surface area is 157 Å². The van der Waals surface area contributed by atoms with Gasteiger partial charge in [0.2, 0.25) is 5.82 Å². The summed E-state index contributed by atoms with van der Waals surface area (Å²) in [5.41, 5.74) is 0.948. The number of hydrogen-bond acceptors (Lipinski definition) is 5. The summed E-state index contributed by atoms with van der Waals surface area (Å²) in [6.07, 6.45) is 3.27. The van der Waals surface area contributed by atoms with Crippen LogP contribution < -0.4 is 0 Å². The number of rotatable bonds is 7. The van der Waals surface area contributed by atoms with Crippen molar-refractivity contribution in [2.45, 2.75) is 24.0 Å². The number of furan rings is 1. The molecule has 0 saturated heterocycles. The second-order valence-corrected chi connectivity index (χ2v) is 6.58. The molecule has 0 bridgehead atoms. The van der Waals surface area contributed by atoms with Crippen LogP contribution >= 0.6 is 11.8 Å².